The van der Waals surface area contributed by atoms with Gasteiger partial charge in [0.2, 0.25) is 5.91 Å². The van der Waals surface area contributed by atoms with E-state index in [0.717, 1.165) is 44.0 Å². The van der Waals surface area contributed by atoms with E-state index in [1.165, 1.54) is 18.4 Å². The van der Waals surface area contributed by atoms with Crippen LogP contribution >= 0.6 is 0 Å². The van der Waals surface area contributed by atoms with Crippen molar-refractivity contribution in [3.05, 3.63) is 48.4 Å². The van der Waals surface area contributed by atoms with Gasteiger partial charge in [-0.15, -0.1) is 0 Å². The van der Waals surface area contributed by atoms with Gasteiger partial charge in [-0.2, -0.15) is 0 Å². The maximum absolute atomic E-state index is 12.9. The topological polar surface area (TPSA) is 58.6 Å². The third-order valence-corrected chi connectivity index (χ3v) is 6.13. The molecular formula is C22H26N4O2. The zero-order chi connectivity index (χ0) is 18.9. The Bertz CT molecular complexity index is 837. The van der Waals surface area contributed by atoms with Gasteiger partial charge in [0.25, 0.3) is 0 Å². The molecule has 0 aromatic carbocycles. The molecule has 1 amide bonds. The Kier molecular flexibility index (Phi) is 4.63. The quantitative estimate of drug-likeness (QED) is 0.801. The summed E-state index contributed by atoms with van der Waals surface area (Å²) in [6.07, 6.45) is 9.78. The van der Waals surface area contributed by atoms with Crippen molar-refractivity contribution in [1.29, 1.82) is 0 Å². The molecule has 0 spiro atoms. The van der Waals surface area contributed by atoms with Gasteiger partial charge in [0.1, 0.15) is 6.10 Å². The SMILES string of the molecule is O=C(C1CC1c1cccnc1)N1CCC(Oc2cccnc2N2CCCC2)C1. The average molecular weight is 378 g/mol. The third-order valence-electron chi connectivity index (χ3n) is 6.13. The number of ether oxygens (including phenoxy) is 1. The minimum Gasteiger partial charge on any atom is -0.485 e. The van der Waals surface area contributed by atoms with Crippen molar-refractivity contribution in [2.24, 2.45) is 5.92 Å². The van der Waals surface area contributed by atoms with Crippen LogP contribution in [0.15, 0.2) is 42.9 Å². The molecule has 3 atom stereocenters. The summed E-state index contributed by atoms with van der Waals surface area (Å²) >= 11 is 0. The Labute approximate surface area is 165 Å². The van der Waals surface area contributed by atoms with E-state index in [9.17, 15) is 4.79 Å². The molecule has 3 unspecified atom stereocenters. The average Bonchev–Trinajstić information content (AvgIpc) is 3.12. The van der Waals surface area contributed by atoms with Gasteiger partial charge < -0.3 is 14.5 Å². The van der Waals surface area contributed by atoms with Crippen molar-refractivity contribution < 1.29 is 9.53 Å². The maximum Gasteiger partial charge on any atom is 0.226 e. The van der Waals surface area contributed by atoms with Crippen LogP contribution in [0, 0.1) is 5.92 Å². The first kappa shape index (κ1) is 17.5. The van der Waals surface area contributed by atoms with Crippen LogP contribution in [0.2, 0.25) is 0 Å². The number of nitrogens with zero attached hydrogens (tertiary/aromatic N) is 4. The van der Waals surface area contributed by atoms with Gasteiger partial charge in [0.15, 0.2) is 11.6 Å². The Morgan fingerprint density at radius 3 is 2.79 bits per heavy atom. The zero-order valence-corrected chi connectivity index (χ0v) is 16.0. The van der Waals surface area contributed by atoms with Gasteiger partial charge in [0, 0.05) is 50.6 Å². The van der Waals surface area contributed by atoms with Crippen molar-refractivity contribution in [2.45, 2.75) is 37.7 Å². The molecule has 6 nitrogen and oxygen atoms in total. The lowest BCUT2D eigenvalue weighted by molar-refractivity contribution is -0.131. The van der Waals surface area contributed by atoms with Gasteiger partial charge in [-0.1, -0.05) is 6.07 Å². The van der Waals surface area contributed by atoms with Crippen LogP contribution < -0.4 is 9.64 Å². The Balaban J connectivity index is 1.20. The Hall–Kier alpha value is -2.63. The summed E-state index contributed by atoms with van der Waals surface area (Å²) in [4.78, 5) is 25.9. The maximum atomic E-state index is 12.9. The minimum atomic E-state index is 0.0464. The predicted molar refractivity (Wildman–Crippen MR) is 106 cm³/mol. The molecule has 2 saturated heterocycles. The molecule has 28 heavy (non-hydrogen) atoms. The first-order chi connectivity index (χ1) is 13.8. The third kappa shape index (κ3) is 3.43. The van der Waals surface area contributed by atoms with Gasteiger partial charge >= 0.3 is 0 Å². The van der Waals surface area contributed by atoms with Crippen LogP contribution in [0.4, 0.5) is 5.82 Å². The highest BCUT2D eigenvalue weighted by Gasteiger charge is 2.47. The normalized spacial score (nSPS) is 26.5. The lowest BCUT2D eigenvalue weighted by Gasteiger charge is -2.22. The molecule has 6 heteroatoms. The van der Waals surface area contributed by atoms with Crippen LogP contribution in [0.5, 0.6) is 5.75 Å². The number of carbonyl (C=O) groups is 1. The predicted octanol–water partition coefficient (Wildman–Crippen LogP) is 2.86. The number of rotatable bonds is 5. The first-order valence-electron chi connectivity index (χ1n) is 10.3. The van der Waals surface area contributed by atoms with Crippen molar-refractivity contribution in [2.75, 3.05) is 31.1 Å². The summed E-state index contributed by atoms with van der Waals surface area (Å²) < 4.78 is 6.30. The summed E-state index contributed by atoms with van der Waals surface area (Å²) in [6.45, 7) is 3.53. The highest BCUT2D eigenvalue weighted by molar-refractivity contribution is 5.83. The number of carbonyl (C=O) groups excluding carboxylic acids is 1. The first-order valence-corrected chi connectivity index (χ1v) is 10.3. The van der Waals surface area contributed by atoms with E-state index in [4.69, 9.17) is 4.74 Å². The lowest BCUT2D eigenvalue weighted by Crippen LogP contribution is -2.32. The standard InChI is InChI=1S/C22H26N4O2/c27-22(19-13-18(19)16-5-3-8-23-14-16)26-12-7-17(15-26)28-20-6-4-9-24-21(20)25-10-1-2-11-25/h3-6,8-9,14,17-19H,1-2,7,10-13,15H2. The molecule has 2 aliphatic heterocycles. The summed E-state index contributed by atoms with van der Waals surface area (Å²) in [6, 6.07) is 7.95. The van der Waals surface area contributed by atoms with Crippen LogP contribution in [0.25, 0.3) is 0 Å². The zero-order valence-electron chi connectivity index (χ0n) is 16.0. The van der Waals surface area contributed by atoms with E-state index in [0.29, 0.717) is 12.5 Å². The summed E-state index contributed by atoms with van der Waals surface area (Å²) in [5.41, 5.74) is 1.18. The van der Waals surface area contributed by atoms with E-state index in [1.54, 1.807) is 6.20 Å². The second kappa shape index (κ2) is 7.41. The summed E-state index contributed by atoms with van der Waals surface area (Å²) in [7, 11) is 0. The summed E-state index contributed by atoms with van der Waals surface area (Å²) in [5, 5.41) is 0. The fraction of sp³-hybridized carbons (Fsp3) is 0.500. The number of hydrogen-bond acceptors (Lipinski definition) is 5. The van der Waals surface area contributed by atoms with Crippen LogP contribution in [0.3, 0.4) is 0 Å². The van der Waals surface area contributed by atoms with Crippen molar-refractivity contribution >= 4 is 11.7 Å². The van der Waals surface area contributed by atoms with Crippen LogP contribution in [-0.4, -0.2) is 53.1 Å². The van der Waals surface area contributed by atoms with E-state index in [-0.39, 0.29) is 17.9 Å². The van der Waals surface area contributed by atoms with Crippen molar-refractivity contribution in [3.63, 3.8) is 0 Å². The molecule has 1 aliphatic carbocycles. The van der Waals surface area contributed by atoms with Crippen molar-refractivity contribution in [3.8, 4) is 5.75 Å². The molecule has 1 saturated carbocycles. The number of pyridine rings is 2. The number of hydrogen-bond donors (Lipinski definition) is 0. The van der Waals surface area contributed by atoms with Crippen molar-refractivity contribution in [1.82, 2.24) is 14.9 Å². The smallest absolute Gasteiger partial charge is 0.226 e. The second-order valence-electron chi connectivity index (χ2n) is 8.07. The molecule has 4 heterocycles. The second-order valence-corrected chi connectivity index (χ2v) is 8.07. The van der Waals surface area contributed by atoms with Crippen LogP contribution in [-0.2, 0) is 4.79 Å². The van der Waals surface area contributed by atoms with E-state index in [2.05, 4.69) is 20.9 Å². The largest absolute Gasteiger partial charge is 0.485 e. The molecule has 3 aliphatic rings. The highest BCUT2D eigenvalue weighted by Crippen LogP contribution is 2.48. The molecule has 2 aromatic heterocycles. The van der Waals surface area contributed by atoms with E-state index >= 15 is 0 Å². The van der Waals surface area contributed by atoms with Crippen LogP contribution in [0.1, 0.15) is 37.2 Å². The Morgan fingerprint density at radius 1 is 1.11 bits per heavy atom. The van der Waals surface area contributed by atoms with Gasteiger partial charge in [-0.05, 0) is 48.9 Å². The number of amides is 1. The van der Waals surface area contributed by atoms with Gasteiger partial charge in [-0.25, -0.2) is 4.98 Å². The molecule has 0 N–H and O–H groups in total. The monoisotopic (exact) mass is 378 g/mol. The molecule has 0 bridgehead atoms. The molecular weight excluding hydrogens is 352 g/mol. The van der Waals surface area contributed by atoms with E-state index in [1.807, 2.05) is 35.5 Å². The fourth-order valence-electron chi connectivity index (χ4n) is 4.51. The Morgan fingerprint density at radius 2 is 1.96 bits per heavy atom. The molecule has 0 radical (unpaired) electrons. The van der Waals surface area contributed by atoms with E-state index < -0.39 is 0 Å². The lowest BCUT2D eigenvalue weighted by atomic mass is 10.1. The molecule has 146 valence electrons. The summed E-state index contributed by atoms with van der Waals surface area (Å²) in [5.74, 6) is 2.51. The molecule has 3 fully saturated rings. The number of anilines is 1. The molecule has 5 rings (SSSR count). The molecule has 2 aromatic rings. The van der Waals surface area contributed by atoms with Gasteiger partial charge in [-0.3, -0.25) is 9.78 Å². The minimum absolute atomic E-state index is 0.0464. The highest BCUT2D eigenvalue weighted by atomic mass is 16.5. The number of aromatic nitrogens is 2. The fourth-order valence-corrected chi connectivity index (χ4v) is 4.51. The van der Waals surface area contributed by atoms with Gasteiger partial charge in [0.05, 0.1) is 6.54 Å². The number of likely N-dealkylation sites (tertiary alicyclic amines) is 1.